The molecule has 32 heavy (non-hydrogen) atoms. The predicted molar refractivity (Wildman–Crippen MR) is 110 cm³/mol. The molecule has 9 heteroatoms. The maximum Gasteiger partial charge on any atom is 0.416 e. The van der Waals surface area contributed by atoms with Gasteiger partial charge in [-0.05, 0) is 22.8 Å². The van der Waals surface area contributed by atoms with Gasteiger partial charge in [-0.3, -0.25) is 14.9 Å². The molecule has 0 amide bonds. The van der Waals surface area contributed by atoms with E-state index in [4.69, 9.17) is 0 Å². The molecule has 0 aliphatic rings. The number of ketones is 1. The summed E-state index contributed by atoms with van der Waals surface area (Å²) in [4.78, 5) is 34.9. The number of nitro groups is 1. The number of nitro benzene ring substituents is 1. The summed E-state index contributed by atoms with van der Waals surface area (Å²) in [6.07, 6.45) is -6.15. The fraction of sp³-hybridized carbons (Fsp3) is 0.130. The predicted octanol–water partition coefficient (Wildman–Crippen LogP) is 5.23. The molecule has 0 fully saturated rings. The minimum Gasteiger partial charge on any atom is -0.463 e. The Balaban J connectivity index is 2.47. The highest BCUT2D eigenvalue weighted by atomic mass is 19.4. The Labute approximate surface area is 180 Å². The Morgan fingerprint density at radius 2 is 1.50 bits per heavy atom. The third-order valence-electron chi connectivity index (χ3n) is 4.79. The summed E-state index contributed by atoms with van der Waals surface area (Å²) in [7, 11) is 0.896. The molecule has 3 rings (SSSR count). The molecule has 164 valence electrons. The molecular weight excluding hydrogens is 427 g/mol. The van der Waals surface area contributed by atoms with Gasteiger partial charge in [0, 0.05) is 0 Å². The monoisotopic (exact) mass is 443 g/mol. The summed E-state index contributed by atoms with van der Waals surface area (Å²) < 4.78 is 46.3. The highest BCUT2D eigenvalue weighted by Gasteiger charge is 2.41. The van der Waals surface area contributed by atoms with Crippen LogP contribution in [0, 0.1) is 10.1 Å². The van der Waals surface area contributed by atoms with Crippen LogP contribution in [0.3, 0.4) is 0 Å². The van der Waals surface area contributed by atoms with Crippen molar-refractivity contribution in [3.63, 3.8) is 0 Å². The van der Waals surface area contributed by atoms with Gasteiger partial charge in [0.15, 0.2) is 0 Å². The standard InChI is InChI=1S/C23H16F3NO5/c1-32-22(29)19(28)13-17-18(23(24,25)26)12-16(14-8-4-2-5-9-14)20(21(17)27(30)31)15-10-6-3-7-11-15/h2-12H,13H2,1H3. The van der Waals surface area contributed by atoms with E-state index in [-0.39, 0.29) is 11.1 Å². The lowest BCUT2D eigenvalue weighted by Crippen LogP contribution is -2.21. The van der Waals surface area contributed by atoms with Crippen LogP contribution in [0.5, 0.6) is 0 Å². The van der Waals surface area contributed by atoms with E-state index in [1.807, 2.05) is 0 Å². The molecule has 0 spiro atoms. The molecule has 3 aromatic rings. The van der Waals surface area contributed by atoms with Crippen LogP contribution in [0.1, 0.15) is 11.1 Å². The average Bonchev–Trinajstić information content (AvgIpc) is 2.78. The van der Waals surface area contributed by atoms with E-state index in [1.165, 1.54) is 24.3 Å². The van der Waals surface area contributed by atoms with E-state index in [9.17, 15) is 32.9 Å². The molecule has 0 bridgehead atoms. The van der Waals surface area contributed by atoms with Gasteiger partial charge in [0.1, 0.15) is 0 Å². The van der Waals surface area contributed by atoms with Crippen molar-refractivity contribution in [1.82, 2.24) is 0 Å². The van der Waals surface area contributed by atoms with Gasteiger partial charge in [-0.2, -0.15) is 13.2 Å². The molecule has 0 aliphatic heterocycles. The zero-order valence-corrected chi connectivity index (χ0v) is 16.7. The van der Waals surface area contributed by atoms with Crippen molar-refractivity contribution < 1.29 is 32.4 Å². The zero-order chi connectivity index (χ0) is 23.5. The highest BCUT2D eigenvalue weighted by molar-refractivity contribution is 6.34. The van der Waals surface area contributed by atoms with Crippen LogP contribution in [-0.2, 0) is 26.9 Å². The van der Waals surface area contributed by atoms with E-state index in [1.54, 1.807) is 36.4 Å². The summed E-state index contributed by atoms with van der Waals surface area (Å²) in [5.41, 5.74) is -2.63. The Morgan fingerprint density at radius 3 is 1.97 bits per heavy atom. The summed E-state index contributed by atoms with van der Waals surface area (Å²) in [5, 5.41) is 12.1. The van der Waals surface area contributed by atoms with Gasteiger partial charge in [-0.25, -0.2) is 4.79 Å². The Kier molecular flexibility index (Phi) is 6.38. The minimum atomic E-state index is -5.02. The van der Waals surface area contributed by atoms with Crippen molar-refractivity contribution in [1.29, 1.82) is 0 Å². The minimum absolute atomic E-state index is 0.0231. The number of rotatable bonds is 6. The molecule has 0 saturated heterocycles. The first kappa shape index (κ1) is 22.7. The topological polar surface area (TPSA) is 86.5 Å². The van der Waals surface area contributed by atoms with Gasteiger partial charge in [0.25, 0.3) is 5.69 Å². The van der Waals surface area contributed by atoms with Crippen LogP contribution >= 0.6 is 0 Å². The largest absolute Gasteiger partial charge is 0.463 e. The van der Waals surface area contributed by atoms with E-state index >= 15 is 0 Å². The van der Waals surface area contributed by atoms with Crippen molar-refractivity contribution in [2.75, 3.05) is 7.11 Å². The van der Waals surface area contributed by atoms with Crippen molar-refractivity contribution in [3.8, 4) is 22.3 Å². The van der Waals surface area contributed by atoms with E-state index in [0.29, 0.717) is 11.1 Å². The van der Waals surface area contributed by atoms with Gasteiger partial charge >= 0.3 is 12.1 Å². The van der Waals surface area contributed by atoms with Gasteiger partial charge in [0.05, 0.1) is 35.1 Å². The molecule has 0 aromatic heterocycles. The van der Waals surface area contributed by atoms with Crippen LogP contribution in [0.15, 0.2) is 66.7 Å². The lowest BCUT2D eigenvalue weighted by molar-refractivity contribution is -0.385. The molecule has 0 radical (unpaired) electrons. The number of alkyl halides is 3. The van der Waals surface area contributed by atoms with Crippen molar-refractivity contribution >= 4 is 17.4 Å². The maximum absolute atomic E-state index is 14.0. The Morgan fingerprint density at radius 1 is 0.969 bits per heavy atom. The van der Waals surface area contributed by atoms with Crippen LogP contribution in [0.25, 0.3) is 22.3 Å². The zero-order valence-electron chi connectivity index (χ0n) is 16.7. The normalized spacial score (nSPS) is 11.1. The molecule has 0 atom stereocenters. The van der Waals surface area contributed by atoms with Crippen LogP contribution in [-0.4, -0.2) is 23.8 Å². The van der Waals surface area contributed by atoms with E-state index < -0.39 is 46.1 Å². The van der Waals surface area contributed by atoms with Crippen molar-refractivity contribution in [2.45, 2.75) is 12.6 Å². The first-order chi connectivity index (χ1) is 15.1. The summed E-state index contributed by atoms with van der Waals surface area (Å²) in [5.74, 6) is -2.71. The number of Topliss-reactive ketones (excluding diaryl/α,β-unsaturated/α-hetero) is 1. The van der Waals surface area contributed by atoms with Crippen LogP contribution in [0.4, 0.5) is 18.9 Å². The molecule has 0 saturated carbocycles. The number of nitrogens with zero attached hydrogens (tertiary/aromatic N) is 1. The third-order valence-corrected chi connectivity index (χ3v) is 4.79. The number of hydrogen-bond acceptors (Lipinski definition) is 5. The number of esters is 1. The molecule has 0 aliphatic carbocycles. The number of halogens is 3. The fourth-order valence-corrected chi connectivity index (χ4v) is 3.43. The second-order valence-corrected chi connectivity index (χ2v) is 6.75. The number of carbonyl (C=O) groups excluding carboxylic acids is 2. The Hall–Kier alpha value is -4.01. The number of benzene rings is 3. The summed E-state index contributed by atoms with van der Waals surface area (Å²) >= 11 is 0. The van der Waals surface area contributed by atoms with Crippen LogP contribution < -0.4 is 0 Å². The number of carbonyl (C=O) groups is 2. The molecule has 0 unspecified atom stereocenters. The lowest BCUT2D eigenvalue weighted by atomic mass is 9.86. The van der Waals surface area contributed by atoms with Crippen molar-refractivity contribution in [3.05, 3.63) is 88.0 Å². The quantitative estimate of drug-likeness (QED) is 0.225. The summed E-state index contributed by atoms with van der Waals surface area (Å²) in [6, 6.07) is 16.6. The Bertz CT molecular complexity index is 1180. The number of hydrogen-bond donors (Lipinski definition) is 0. The van der Waals surface area contributed by atoms with Crippen molar-refractivity contribution in [2.24, 2.45) is 0 Å². The first-order valence-electron chi connectivity index (χ1n) is 9.28. The number of methoxy groups -OCH3 is 1. The fourth-order valence-electron chi connectivity index (χ4n) is 3.43. The maximum atomic E-state index is 14.0. The van der Waals surface area contributed by atoms with Gasteiger partial charge in [-0.1, -0.05) is 60.7 Å². The number of ether oxygens (including phenoxy) is 1. The first-order valence-corrected chi connectivity index (χ1v) is 9.28. The average molecular weight is 443 g/mol. The molecule has 6 nitrogen and oxygen atoms in total. The van der Waals surface area contributed by atoms with E-state index in [0.717, 1.165) is 13.2 Å². The van der Waals surface area contributed by atoms with Gasteiger partial charge in [0.2, 0.25) is 5.78 Å². The molecule has 3 aromatic carbocycles. The lowest BCUT2D eigenvalue weighted by Gasteiger charge is -2.19. The molecule has 0 heterocycles. The highest BCUT2D eigenvalue weighted by Crippen LogP contribution is 2.47. The third kappa shape index (κ3) is 4.51. The van der Waals surface area contributed by atoms with Gasteiger partial charge < -0.3 is 4.74 Å². The van der Waals surface area contributed by atoms with Crippen LogP contribution in [0.2, 0.25) is 0 Å². The summed E-state index contributed by atoms with van der Waals surface area (Å²) in [6.45, 7) is 0. The molecular formula is C23H16F3NO5. The molecule has 0 N–H and O–H groups in total. The second kappa shape index (κ2) is 9.01. The SMILES string of the molecule is COC(=O)C(=O)Cc1c(C(F)(F)F)cc(-c2ccccc2)c(-c2ccccc2)c1[N+](=O)[O-]. The van der Waals surface area contributed by atoms with E-state index in [2.05, 4.69) is 4.74 Å². The van der Waals surface area contributed by atoms with Gasteiger partial charge in [-0.15, -0.1) is 0 Å². The smallest absolute Gasteiger partial charge is 0.416 e. The second-order valence-electron chi connectivity index (χ2n) is 6.75.